The van der Waals surface area contributed by atoms with Crippen molar-refractivity contribution in [1.29, 1.82) is 0 Å². The summed E-state index contributed by atoms with van der Waals surface area (Å²) in [5.41, 5.74) is 1.20. The van der Waals surface area contributed by atoms with Crippen molar-refractivity contribution in [1.82, 2.24) is 5.32 Å². The highest BCUT2D eigenvalue weighted by molar-refractivity contribution is 7.92. The zero-order valence-electron chi connectivity index (χ0n) is 13.7. The first-order chi connectivity index (χ1) is 9.76. The highest BCUT2D eigenvalue weighted by Crippen LogP contribution is 2.20. The van der Waals surface area contributed by atoms with Crippen LogP contribution in [0.2, 0.25) is 0 Å². The van der Waals surface area contributed by atoms with Gasteiger partial charge in [-0.3, -0.25) is 0 Å². The minimum absolute atomic E-state index is 0.114. The van der Waals surface area contributed by atoms with Gasteiger partial charge in [0.25, 0.3) is 0 Å². The van der Waals surface area contributed by atoms with Crippen molar-refractivity contribution in [2.45, 2.75) is 45.3 Å². The van der Waals surface area contributed by atoms with Crippen LogP contribution >= 0.6 is 0 Å². The lowest BCUT2D eigenvalue weighted by Crippen LogP contribution is -2.37. The molecule has 0 aliphatic heterocycles. The van der Waals surface area contributed by atoms with Gasteiger partial charge < -0.3 is 5.32 Å². The molecule has 120 valence electrons. The molecule has 1 rings (SSSR count). The third-order valence-electron chi connectivity index (χ3n) is 3.62. The number of hydrogen-bond acceptors (Lipinski definition) is 3. The number of hydrogen-bond donors (Lipinski definition) is 1. The second-order valence-electron chi connectivity index (χ2n) is 6.65. The third-order valence-corrected chi connectivity index (χ3v) is 6.39. The predicted molar refractivity (Wildman–Crippen MR) is 90.3 cm³/mol. The maximum absolute atomic E-state index is 12.5. The van der Waals surface area contributed by atoms with Gasteiger partial charge in [-0.15, -0.1) is 0 Å². The van der Waals surface area contributed by atoms with Crippen LogP contribution in [-0.2, 0) is 16.3 Å². The van der Waals surface area contributed by atoms with E-state index in [1.807, 2.05) is 18.2 Å². The van der Waals surface area contributed by atoms with Gasteiger partial charge in [0.05, 0.1) is 10.5 Å². The van der Waals surface area contributed by atoms with E-state index in [9.17, 15) is 8.42 Å². The zero-order valence-corrected chi connectivity index (χ0v) is 14.5. The SMILES string of the molecule is CCCNC[C@H](Cc1ccccc1)CS(=O)(=O)C(C)(C)C. The van der Waals surface area contributed by atoms with Gasteiger partial charge in [-0.05, 0) is 58.2 Å². The number of benzene rings is 1. The fraction of sp³-hybridized carbons (Fsp3) is 0.647. The van der Waals surface area contributed by atoms with Gasteiger partial charge in [-0.1, -0.05) is 37.3 Å². The second-order valence-corrected chi connectivity index (χ2v) is 9.44. The summed E-state index contributed by atoms with van der Waals surface area (Å²) in [6.45, 7) is 9.13. The Balaban J connectivity index is 2.78. The van der Waals surface area contributed by atoms with Gasteiger partial charge in [-0.25, -0.2) is 8.42 Å². The summed E-state index contributed by atoms with van der Waals surface area (Å²) >= 11 is 0. The Bertz CT molecular complexity index is 503. The molecule has 0 heterocycles. The third kappa shape index (κ3) is 6.18. The number of nitrogens with one attached hydrogen (secondary N) is 1. The molecule has 0 spiro atoms. The molecule has 0 radical (unpaired) electrons. The highest BCUT2D eigenvalue weighted by Gasteiger charge is 2.31. The quantitative estimate of drug-likeness (QED) is 0.751. The maximum atomic E-state index is 12.5. The predicted octanol–water partition coefficient (Wildman–Crippen LogP) is 3.06. The lowest BCUT2D eigenvalue weighted by atomic mass is 10.0. The van der Waals surface area contributed by atoms with Gasteiger partial charge in [0.1, 0.15) is 0 Å². The molecule has 1 aromatic carbocycles. The van der Waals surface area contributed by atoms with Gasteiger partial charge in [-0.2, -0.15) is 0 Å². The lowest BCUT2D eigenvalue weighted by Gasteiger charge is -2.24. The molecule has 1 atom stereocenters. The van der Waals surface area contributed by atoms with Crippen LogP contribution in [0.4, 0.5) is 0 Å². The van der Waals surface area contributed by atoms with E-state index in [1.165, 1.54) is 5.56 Å². The Morgan fingerprint density at radius 2 is 1.76 bits per heavy atom. The van der Waals surface area contributed by atoms with Crippen molar-refractivity contribution in [3.05, 3.63) is 35.9 Å². The summed E-state index contributed by atoms with van der Waals surface area (Å²) in [6.07, 6.45) is 1.86. The molecular weight excluding hydrogens is 282 g/mol. The first-order valence-corrected chi connectivity index (χ1v) is 9.38. The van der Waals surface area contributed by atoms with Crippen LogP contribution in [0.1, 0.15) is 39.7 Å². The van der Waals surface area contributed by atoms with E-state index < -0.39 is 14.6 Å². The molecule has 0 aliphatic carbocycles. The van der Waals surface area contributed by atoms with Crippen LogP contribution in [0.3, 0.4) is 0 Å². The molecule has 1 aromatic rings. The summed E-state index contributed by atoms with van der Waals surface area (Å²) in [7, 11) is -3.09. The molecular formula is C17H29NO2S. The van der Waals surface area contributed by atoms with E-state index in [0.29, 0.717) is 0 Å². The van der Waals surface area contributed by atoms with Crippen LogP contribution in [-0.4, -0.2) is 32.0 Å². The van der Waals surface area contributed by atoms with Crippen molar-refractivity contribution in [2.75, 3.05) is 18.8 Å². The second kappa shape index (κ2) is 7.95. The van der Waals surface area contributed by atoms with E-state index in [1.54, 1.807) is 20.8 Å². The minimum Gasteiger partial charge on any atom is -0.316 e. The fourth-order valence-electron chi connectivity index (χ4n) is 2.18. The highest BCUT2D eigenvalue weighted by atomic mass is 32.2. The van der Waals surface area contributed by atoms with E-state index in [0.717, 1.165) is 25.9 Å². The Hall–Kier alpha value is -0.870. The van der Waals surface area contributed by atoms with Gasteiger partial charge >= 0.3 is 0 Å². The Labute approximate surface area is 130 Å². The molecule has 0 bridgehead atoms. The smallest absolute Gasteiger partial charge is 0.155 e. The topological polar surface area (TPSA) is 46.2 Å². The normalized spacial score (nSPS) is 14.1. The standard InChI is InChI=1S/C17H29NO2S/c1-5-11-18-13-16(12-15-9-7-6-8-10-15)14-21(19,20)17(2,3)4/h6-10,16,18H,5,11-14H2,1-4H3/t16-/m0/s1. The van der Waals surface area contributed by atoms with E-state index in [-0.39, 0.29) is 11.7 Å². The molecule has 21 heavy (non-hydrogen) atoms. The molecule has 0 saturated heterocycles. The Morgan fingerprint density at radius 1 is 1.14 bits per heavy atom. The largest absolute Gasteiger partial charge is 0.316 e. The monoisotopic (exact) mass is 311 g/mol. The molecule has 0 aliphatic rings. The maximum Gasteiger partial charge on any atom is 0.155 e. The van der Waals surface area contributed by atoms with Crippen molar-refractivity contribution in [3.8, 4) is 0 Å². The van der Waals surface area contributed by atoms with Crippen LogP contribution < -0.4 is 5.32 Å². The summed E-state index contributed by atoms with van der Waals surface area (Å²) in [5.74, 6) is 0.352. The molecule has 0 amide bonds. The summed E-state index contributed by atoms with van der Waals surface area (Å²) in [4.78, 5) is 0. The van der Waals surface area contributed by atoms with Crippen molar-refractivity contribution >= 4 is 9.84 Å². The summed E-state index contributed by atoms with van der Waals surface area (Å²) in [5, 5.41) is 3.36. The van der Waals surface area contributed by atoms with E-state index in [2.05, 4.69) is 24.4 Å². The van der Waals surface area contributed by atoms with Gasteiger partial charge in [0, 0.05) is 0 Å². The van der Waals surface area contributed by atoms with E-state index in [4.69, 9.17) is 0 Å². The van der Waals surface area contributed by atoms with Gasteiger partial charge in [0.2, 0.25) is 0 Å². The average molecular weight is 311 g/mol. The molecule has 0 unspecified atom stereocenters. The first kappa shape index (κ1) is 18.2. The number of rotatable bonds is 8. The fourth-order valence-corrected chi connectivity index (χ4v) is 3.54. The molecule has 0 saturated carbocycles. The van der Waals surface area contributed by atoms with E-state index >= 15 is 0 Å². The molecule has 1 N–H and O–H groups in total. The number of sulfone groups is 1. The van der Waals surface area contributed by atoms with Crippen LogP contribution in [0.5, 0.6) is 0 Å². The Kier molecular flexibility index (Phi) is 6.88. The molecule has 0 fully saturated rings. The Morgan fingerprint density at radius 3 is 2.29 bits per heavy atom. The summed E-state index contributed by atoms with van der Waals surface area (Å²) < 4.78 is 24.2. The summed E-state index contributed by atoms with van der Waals surface area (Å²) in [6, 6.07) is 10.1. The molecule has 0 aromatic heterocycles. The van der Waals surface area contributed by atoms with Crippen LogP contribution in [0, 0.1) is 5.92 Å². The average Bonchev–Trinajstić information content (AvgIpc) is 2.38. The van der Waals surface area contributed by atoms with Gasteiger partial charge in [0.15, 0.2) is 9.84 Å². The van der Waals surface area contributed by atoms with Crippen molar-refractivity contribution < 1.29 is 8.42 Å². The lowest BCUT2D eigenvalue weighted by molar-refractivity contribution is 0.490. The first-order valence-electron chi connectivity index (χ1n) is 7.73. The molecule has 4 heteroatoms. The van der Waals surface area contributed by atoms with Crippen molar-refractivity contribution in [3.63, 3.8) is 0 Å². The van der Waals surface area contributed by atoms with Crippen LogP contribution in [0.25, 0.3) is 0 Å². The van der Waals surface area contributed by atoms with Crippen LogP contribution in [0.15, 0.2) is 30.3 Å². The molecule has 3 nitrogen and oxygen atoms in total. The zero-order chi connectivity index (χ0) is 15.9. The van der Waals surface area contributed by atoms with Crippen molar-refractivity contribution in [2.24, 2.45) is 5.92 Å². The minimum atomic E-state index is -3.09.